The van der Waals surface area contributed by atoms with Gasteiger partial charge >= 0.3 is 0 Å². The molecule has 1 aromatic rings. The molecule has 0 unspecified atom stereocenters. The van der Waals surface area contributed by atoms with Gasteiger partial charge in [0.05, 0.1) is 32.2 Å². The molecular formula is C19H28N3O2+. The Labute approximate surface area is 144 Å². The molecule has 0 saturated carbocycles. The second-order valence-electron chi connectivity index (χ2n) is 7.04. The smallest absolute Gasteiger partial charge is 0.278 e. The molecule has 1 aliphatic heterocycles. The maximum absolute atomic E-state index is 12.8. The van der Waals surface area contributed by atoms with Crippen molar-refractivity contribution >= 4 is 11.8 Å². The Hall–Kier alpha value is -1.88. The van der Waals surface area contributed by atoms with E-state index in [0.29, 0.717) is 6.54 Å². The van der Waals surface area contributed by atoms with E-state index in [2.05, 4.69) is 24.3 Å². The maximum atomic E-state index is 12.8. The van der Waals surface area contributed by atoms with Gasteiger partial charge in [0.15, 0.2) is 6.54 Å². The molecule has 24 heavy (non-hydrogen) atoms. The lowest BCUT2D eigenvalue weighted by Crippen LogP contribution is -3.15. The number of nitrogens with one attached hydrogen (secondary N) is 1. The van der Waals surface area contributed by atoms with Crippen LogP contribution in [0.25, 0.3) is 0 Å². The van der Waals surface area contributed by atoms with Crippen LogP contribution in [0.15, 0.2) is 24.3 Å². The summed E-state index contributed by atoms with van der Waals surface area (Å²) >= 11 is 0. The summed E-state index contributed by atoms with van der Waals surface area (Å²) in [4.78, 5) is 29.3. The van der Waals surface area contributed by atoms with Crippen molar-refractivity contribution < 1.29 is 14.5 Å². The van der Waals surface area contributed by atoms with E-state index in [-0.39, 0.29) is 17.9 Å². The molecular weight excluding hydrogens is 302 g/mol. The lowest BCUT2D eigenvalue weighted by atomic mass is 9.87. The van der Waals surface area contributed by atoms with Crippen LogP contribution in [0.4, 0.5) is 0 Å². The van der Waals surface area contributed by atoms with Crippen LogP contribution < -0.4 is 4.90 Å². The fourth-order valence-corrected chi connectivity index (χ4v) is 3.96. The van der Waals surface area contributed by atoms with E-state index >= 15 is 0 Å². The van der Waals surface area contributed by atoms with Gasteiger partial charge in [-0.3, -0.25) is 9.59 Å². The Bertz CT molecular complexity index is 608. The van der Waals surface area contributed by atoms with Crippen molar-refractivity contribution in [3.8, 4) is 0 Å². The first-order valence-electron chi connectivity index (χ1n) is 8.99. The minimum absolute atomic E-state index is 0.135. The molecule has 1 saturated heterocycles. The van der Waals surface area contributed by atoms with Crippen molar-refractivity contribution in [2.45, 2.75) is 32.2 Å². The minimum Gasteiger partial charge on any atom is -0.334 e. The van der Waals surface area contributed by atoms with Crippen LogP contribution in [0.5, 0.6) is 0 Å². The zero-order valence-corrected chi connectivity index (χ0v) is 14.8. The molecule has 1 fully saturated rings. The SMILES string of the molecule is CC(=O)N1CC[NH+](CC(=O)N(C)[C@@H]2CCCc3ccccc32)CC1. The molecule has 1 aliphatic carbocycles. The van der Waals surface area contributed by atoms with E-state index < -0.39 is 0 Å². The molecule has 0 radical (unpaired) electrons. The number of fused-ring (bicyclic) bond motifs is 1. The van der Waals surface area contributed by atoms with Crippen molar-refractivity contribution in [1.29, 1.82) is 0 Å². The number of piperazine rings is 1. The lowest BCUT2D eigenvalue weighted by Gasteiger charge is -2.35. The van der Waals surface area contributed by atoms with Gasteiger partial charge in [-0.1, -0.05) is 24.3 Å². The van der Waals surface area contributed by atoms with Crippen molar-refractivity contribution in [3.05, 3.63) is 35.4 Å². The Kier molecular flexibility index (Phi) is 5.19. The van der Waals surface area contributed by atoms with Gasteiger partial charge in [-0.2, -0.15) is 0 Å². The monoisotopic (exact) mass is 330 g/mol. The summed E-state index contributed by atoms with van der Waals surface area (Å²) < 4.78 is 0. The van der Waals surface area contributed by atoms with Crippen LogP contribution >= 0.6 is 0 Å². The Morgan fingerprint density at radius 3 is 2.67 bits per heavy atom. The molecule has 1 atom stereocenters. The van der Waals surface area contributed by atoms with E-state index in [1.54, 1.807) is 6.92 Å². The predicted molar refractivity (Wildman–Crippen MR) is 92.7 cm³/mol. The Morgan fingerprint density at radius 2 is 1.96 bits per heavy atom. The second-order valence-corrected chi connectivity index (χ2v) is 7.04. The van der Waals surface area contributed by atoms with Gasteiger partial charge in [0, 0.05) is 14.0 Å². The molecule has 1 aromatic carbocycles. The predicted octanol–water partition coefficient (Wildman–Crippen LogP) is 0.269. The number of likely N-dealkylation sites (N-methyl/N-ethyl adjacent to an activating group) is 1. The summed E-state index contributed by atoms with van der Waals surface area (Å²) in [5, 5.41) is 0. The van der Waals surface area contributed by atoms with E-state index in [1.807, 2.05) is 16.8 Å². The maximum Gasteiger partial charge on any atom is 0.278 e. The van der Waals surface area contributed by atoms with Gasteiger partial charge in [0.25, 0.3) is 5.91 Å². The van der Waals surface area contributed by atoms with Crippen LogP contribution in [0, 0.1) is 0 Å². The molecule has 2 amide bonds. The number of hydrogen-bond donors (Lipinski definition) is 1. The van der Waals surface area contributed by atoms with Gasteiger partial charge in [0.2, 0.25) is 5.91 Å². The largest absolute Gasteiger partial charge is 0.334 e. The molecule has 0 spiro atoms. The van der Waals surface area contributed by atoms with Crippen molar-refractivity contribution in [2.75, 3.05) is 39.8 Å². The summed E-state index contributed by atoms with van der Waals surface area (Å²) in [6.07, 6.45) is 3.31. The number of nitrogens with zero attached hydrogens (tertiary/aromatic N) is 2. The van der Waals surface area contributed by atoms with Gasteiger partial charge in [0.1, 0.15) is 0 Å². The van der Waals surface area contributed by atoms with Crippen molar-refractivity contribution in [2.24, 2.45) is 0 Å². The third kappa shape index (κ3) is 3.61. The molecule has 5 heteroatoms. The second kappa shape index (κ2) is 7.34. The van der Waals surface area contributed by atoms with E-state index in [9.17, 15) is 9.59 Å². The number of amides is 2. The summed E-state index contributed by atoms with van der Waals surface area (Å²) in [6.45, 7) is 5.38. The number of aryl methyl sites for hydroxylation is 1. The third-order valence-corrected chi connectivity index (χ3v) is 5.52. The average molecular weight is 330 g/mol. The van der Waals surface area contributed by atoms with E-state index in [4.69, 9.17) is 0 Å². The Balaban J connectivity index is 1.59. The molecule has 0 bridgehead atoms. The summed E-state index contributed by atoms with van der Waals surface area (Å²) in [6, 6.07) is 8.72. The minimum atomic E-state index is 0.135. The first kappa shape index (κ1) is 17.0. The normalized spacial score (nSPS) is 21.2. The van der Waals surface area contributed by atoms with Crippen LogP contribution in [-0.2, 0) is 16.0 Å². The third-order valence-electron chi connectivity index (χ3n) is 5.52. The highest BCUT2D eigenvalue weighted by Gasteiger charge is 2.30. The van der Waals surface area contributed by atoms with Crippen LogP contribution in [0.3, 0.4) is 0 Å². The number of hydrogen-bond acceptors (Lipinski definition) is 2. The zero-order chi connectivity index (χ0) is 17.1. The van der Waals surface area contributed by atoms with Gasteiger partial charge < -0.3 is 14.7 Å². The highest BCUT2D eigenvalue weighted by Crippen LogP contribution is 2.33. The van der Waals surface area contributed by atoms with Crippen LogP contribution in [0.2, 0.25) is 0 Å². The topological polar surface area (TPSA) is 45.1 Å². The Morgan fingerprint density at radius 1 is 1.25 bits per heavy atom. The first-order valence-corrected chi connectivity index (χ1v) is 8.99. The molecule has 5 nitrogen and oxygen atoms in total. The molecule has 3 rings (SSSR count). The number of benzene rings is 1. The van der Waals surface area contributed by atoms with Crippen LogP contribution in [-0.4, -0.2) is 61.4 Å². The lowest BCUT2D eigenvalue weighted by molar-refractivity contribution is -0.896. The van der Waals surface area contributed by atoms with Gasteiger partial charge in [-0.15, -0.1) is 0 Å². The first-order chi connectivity index (χ1) is 11.6. The molecule has 0 aromatic heterocycles. The number of carbonyl (C=O) groups excluding carboxylic acids is 2. The number of rotatable bonds is 3. The van der Waals surface area contributed by atoms with Crippen molar-refractivity contribution in [3.63, 3.8) is 0 Å². The van der Waals surface area contributed by atoms with Crippen molar-refractivity contribution in [1.82, 2.24) is 9.80 Å². The fraction of sp³-hybridized carbons (Fsp3) is 0.579. The summed E-state index contributed by atoms with van der Waals surface area (Å²) in [7, 11) is 1.94. The van der Waals surface area contributed by atoms with Crippen LogP contribution in [0.1, 0.15) is 36.9 Å². The summed E-state index contributed by atoms with van der Waals surface area (Å²) in [5.41, 5.74) is 2.70. The highest BCUT2D eigenvalue weighted by molar-refractivity contribution is 5.77. The molecule has 1 N–H and O–H groups in total. The molecule has 2 aliphatic rings. The quantitative estimate of drug-likeness (QED) is 0.865. The number of quaternary nitrogens is 1. The summed E-state index contributed by atoms with van der Waals surface area (Å²) in [5.74, 6) is 0.347. The fourth-order valence-electron chi connectivity index (χ4n) is 3.96. The van der Waals surface area contributed by atoms with E-state index in [0.717, 1.165) is 45.4 Å². The van der Waals surface area contributed by atoms with Gasteiger partial charge in [-0.05, 0) is 30.4 Å². The average Bonchev–Trinajstić information content (AvgIpc) is 2.61. The molecule has 130 valence electrons. The van der Waals surface area contributed by atoms with E-state index in [1.165, 1.54) is 16.0 Å². The molecule has 1 heterocycles. The zero-order valence-electron chi connectivity index (χ0n) is 14.8. The number of carbonyl (C=O) groups is 2. The standard InChI is InChI=1S/C19H27N3O2/c1-15(23)22-12-10-21(11-13-22)14-19(24)20(2)18-9-5-7-16-6-3-4-8-17(16)18/h3-4,6,8,18H,5,7,9-14H2,1-2H3/p+1/t18-/m1/s1. The van der Waals surface area contributed by atoms with Gasteiger partial charge in [-0.25, -0.2) is 0 Å². The highest BCUT2D eigenvalue weighted by atomic mass is 16.2.